The molecule has 0 aromatic carbocycles. The number of likely N-dealkylation sites (tertiary alicyclic amines) is 1. The van der Waals surface area contributed by atoms with Gasteiger partial charge in [0.15, 0.2) is 0 Å². The second-order valence-corrected chi connectivity index (χ2v) is 6.76. The molecule has 26 heavy (non-hydrogen) atoms. The summed E-state index contributed by atoms with van der Waals surface area (Å²) in [6, 6.07) is 4.26. The molecule has 1 aliphatic heterocycles. The predicted molar refractivity (Wildman–Crippen MR) is 100 cm³/mol. The van der Waals surface area contributed by atoms with Crippen LogP contribution in [0, 0.1) is 0 Å². The highest BCUT2D eigenvalue weighted by atomic mass is 15.2. The van der Waals surface area contributed by atoms with Gasteiger partial charge in [-0.25, -0.2) is 15.0 Å². The van der Waals surface area contributed by atoms with Gasteiger partial charge in [-0.1, -0.05) is 0 Å². The molecule has 134 valence electrons. The van der Waals surface area contributed by atoms with Gasteiger partial charge < -0.3 is 9.88 Å². The van der Waals surface area contributed by atoms with E-state index < -0.39 is 0 Å². The fourth-order valence-electron chi connectivity index (χ4n) is 3.50. The molecule has 4 heterocycles. The van der Waals surface area contributed by atoms with Gasteiger partial charge in [0.05, 0.1) is 18.2 Å². The van der Waals surface area contributed by atoms with Gasteiger partial charge >= 0.3 is 0 Å². The van der Waals surface area contributed by atoms with E-state index in [1.165, 1.54) is 24.1 Å². The van der Waals surface area contributed by atoms with Gasteiger partial charge in [0.25, 0.3) is 0 Å². The second kappa shape index (κ2) is 7.61. The van der Waals surface area contributed by atoms with E-state index in [0.717, 1.165) is 25.5 Å². The zero-order chi connectivity index (χ0) is 17.8. The maximum absolute atomic E-state index is 4.42. The molecule has 0 radical (unpaired) electrons. The Bertz CT molecular complexity index is 846. The molecule has 1 fully saturated rings. The highest BCUT2D eigenvalue weighted by molar-refractivity contribution is 5.51. The summed E-state index contributed by atoms with van der Waals surface area (Å²) in [4.78, 5) is 19.5. The Morgan fingerprint density at radius 1 is 1.12 bits per heavy atom. The summed E-state index contributed by atoms with van der Waals surface area (Å²) in [5.74, 6) is 2.03. The molecule has 1 aliphatic rings. The fraction of sp³-hybridized carbons (Fsp3) is 0.368. The zero-order valence-electron chi connectivity index (χ0n) is 14.9. The number of piperidine rings is 1. The number of anilines is 2. The van der Waals surface area contributed by atoms with Gasteiger partial charge in [0.2, 0.25) is 0 Å². The van der Waals surface area contributed by atoms with Gasteiger partial charge in [-0.3, -0.25) is 9.88 Å². The molecule has 7 nitrogen and oxygen atoms in total. The highest BCUT2D eigenvalue weighted by Crippen LogP contribution is 2.29. The lowest BCUT2D eigenvalue weighted by Gasteiger charge is -2.33. The van der Waals surface area contributed by atoms with E-state index in [9.17, 15) is 0 Å². The Kier molecular flexibility index (Phi) is 4.88. The number of aryl methyl sites for hydroxylation is 1. The Labute approximate surface area is 153 Å². The lowest BCUT2D eigenvalue weighted by atomic mass is 9.91. The molecular weight excluding hydrogens is 326 g/mol. The first-order valence-corrected chi connectivity index (χ1v) is 8.94. The first kappa shape index (κ1) is 16.7. The molecule has 4 rings (SSSR count). The molecule has 1 saturated heterocycles. The minimum atomic E-state index is 0.516. The third-order valence-corrected chi connectivity index (χ3v) is 4.88. The number of imidazole rings is 1. The molecule has 1 unspecified atom stereocenters. The van der Waals surface area contributed by atoms with Crippen LogP contribution in [0.5, 0.6) is 0 Å². The molecule has 0 bridgehead atoms. The Morgan fingerprint density at radius 3 is 2.85 bits per heavy atom. The largest absolute Gasteiger partial charge is 0.337 e. The van der Waals surface area contributed by atoms with Crippen LogP contribution in [0.2, 0.25) is 0 Å². The molecule has 0 aliphatic carbocycles. The normalized spacial score (nSPS) is 18.0. The number of pyridine rings is 1. The highest BCUT2D eigenvalue weighted by Gasteiger charge is 2.22. The minimum Gasteiger partial charge on any atom is -0.337 e. The summed E-state index contributed by atoms with van der Waals surface area (Å²) in [7, 11) is 2.05. The molecule has 7 heteroatoms. The number of hydrogen-bond acceptors (Lipinski definition) is 6. The summed E-state index contributed by atoms with van der Waals surface area (Å²) >= 11 is 0. The first-order valence-electron chi connectivity index (χ1n) is 8.94. The van der Waals surface area contributed by atoms with Crippen LogP contribution in [0.3, 0.4) is 0 Å². The monoisotopic (exact) mass is 349 g/mol. The molecule has 3 aromatic heterocycles. The Morgan fingerprint density at radius 2 is 2.04 bits per heavy atom. The van der Waals surface area contributed by atoms with E-state index >= 15 is 0 Å². The smallest absolute Gasteiger partial charge is 0.150 e. The van der Waals surface area contributed by atoms with Crippen molar-refractivity contribution >= 4 is 11.6 Å². The SMILES string of the molecule is Cn1cncc1CN1CCCC(c2ccnc(Nc3cnccn3)c2)C1. The van der Waals surface area contributed by atoms with Crippen LogP contribution in [-0.2, 0) is 13.6 Å². The van der Waals surface area contributed by atoms with E-state index in [1.54, 1.807) is 18.6 Å². The minimum absolute atomic E-state index is 0.516. The van der Waals surface area contributed by atoms with Crippen molar-refractivity contribution in [3.8, 4) is 0 Å². The molecule has 1 atom stereocenters. The third kappa shape index (κ3) is 3.88. The molecule has 0 saturated carbocycles. The summed E-state index contributed by atoms with van der Waals surface area (Å²) in [6.07, 6.45) is 13.1. The summed E-state index contributed by atoms with van der Waals surface area (Å²) in [5.41, 5.74) is 2.58. The van der Waals surface area contributed by atoms with Crippen LogP contribution in [0.25, 0.3) is 0 Å². The van der Waals surface area contributed by atoms with Gasteiger partial charge in [0.1, 0.15) is 11.6 Å². The average molecular weight is 349 g/mol. The Hall–Kier alpha value is -2.80. The van der Waals surface area contributed by atoms with Crippen molar-refractivity contribution in [3.63, 3.8) is 0 Å². The van der Waals surface area contributed by atoms with Crippen LogP contribution < -0.4 is 5.32 Å². The molecule has 0 spiro atoms. The van der Waals surface area contributed by atoms with Crippen molar-refractivity contribution < 1.29 is 0 Å². The lowest BCUT2D eigenvalue weighted by Crippen LogP contribution is -2.34. The summed E-state index contributed by atoms with van der Waals surface area (Å²) in [6.45, 7) is 3.14. The molecule has 0 amide bonds. The van der Waals surface area contributed by atoms with Gasteiger partial charge in [-0.15, -0.1) is 0 Å². The lowest BCUT2D eigenvalue weighted by molar-refractivity contribution is 0.196. The number of rotatable bonds is 5. The van der Waals surface area contributed by atoms with E-state index in [-0.39, 0.29) is 0 Å². The van der Waals surface area contributed by atoms with Gasteiger partial charge in [-0.2, -0.15) is 0 Å². The van der Waals surface area contributed by atoms with Crippen molar-refractivity contribution in [2.75, 3.05) is 18.4 Å². The molecule has 1 N–H and O–H groups in total. The number of hydrogen-bond donors (Lipinski definition) is 1. The zero-order valence-corrected chi connectivity index (χ0v) is 14.9. The maximum Gasteiger partial charge on any atom is 0.150 e. The van der Waals surface area contributed by atoms with Crippen LogP contribution in [-0.4, -0.2) is 42.5 Å². The second-order valence-electron chi connectivity index (χ2n) is 6.76. The average Bonchev–Trinajstić information content (AvgIpc) is 3.08. The standard InChI is InChI=1S/C19H23N7/c1-25-14-21-10-17(25)13-26-8-2-3-16(12-26)15-4-5-22-18(9-15)24-19-11-20-6-7-23-19/h4-7,9-11,14,16H,2-3,8,12-13H2,1H3,(H,22,23,24). The van der Waals surface area contributed by atoms with Gasteiger partial charge in [-0.05, 0) is 43.0 Å². The van der Waals surface area contributed by atoms with Crippen LogP contribution in [0.15, 0.2) is 49.4 Å². The van der Waals surface area contributed by atoms with Crippen LogP contribution >= 0.6 is 0 Å². The van der Waals surface area contributed by atoms with Crippen molar-refractivity contribution in [3.05, 3.63) is 60.7 Å². The van der Waals surface area contributed by atoms with E-state index in [1.807, 2.05) is 18.7 Å². The van der Waals surface area contributed by atoms with E-state index in [4.69, 9.17) is 0 Å². The Balaban J connectivity index is 1.45. The first-order chi connectivity index (χ1) is 12.8. The fourth-order valence-corrected chi connectivity index (χ4v) is 3.50. The molecular formula is C19H23N7. The molecule has 3 aromatic rings. The predicted octanol–water partition coefficient (Wildman–Crippen LogP) is 2.73. The third-order valence-electron chi connectivity index (χ3n) is 4.88. The topological polar surface area (TPSA) is 71.8 Å². The number of aromatic nitrogens is 5. The summed E-state index contributed by atoms with van der Waals surface area (Å²) in [5, 5.41) is 3.23. The number of nitrogens with zero attached hydrogens (tertiary/aromatic N) is 6. The van der Waals surface area contributed by atoms with Crippen molar-refractivity contribution in [1.29, 1.82) is 0 Å². The quantitative estimate of drug-likeness (QED) is 0.764. The van der Waals surface area contributed by atoms with Gasteiger partial charge in [0, 0.05) is 44.9 Å². The maximum atomic E-state index is 4.42. The van der Waals surface area contributed by atoms with Crippen LogP contribution in [0.4, 0.5) is 11.6 Å². The van der Waals surface area contributed by atoms with Crippen molar-refractivity contribution in [2.45, 2.75) is 25.3 Å². The number of nitrogens with one attached hydrogen (secondary N) is 1. The van der Waals surface area contributed by atoms with E-state index in [0.29, 0.717) is 11.7 Å². The van der Waals surface area contributed by atoms with Crippen molar-refractivity contribution in [2.24, 2.45) is 7.05 Å². The van der Waals surface area contributed by atoms with Crippen LogP contribution in [0.1, 0.15) is 30.0 Å². The summed E-state index contributed by atoms with van der Waals surface area (Å²) < 4.78 is 2.10. The van der Waals surface area contributed by atoms with Crippen molar-refractivity contribution in [1.82, 2.24) is 29.4 Å². The van der Waals surface area contributed by atoms with E-state index in [2.05, 4.69) is 53.9 Å².